The Morgan fingerprint density at radius 1 is 1.03 bits per heavy atom. The van der Waals surface area contributed by atoms with Crippen molar-refractivity contribution in [1.29, 1.82) is 0 Å². The first kappa shape index (κ1) is 22.3. The van der Waals surface area contributed by atoms with E-state index in [2.05, 4.69) is 10.3 Å². The van der Waals surface area contributed by atoms with Gasteiger partial charge < -0.3 is 10.0 Å². The van der Waals surface area contributed by atoms with Gasteiger partial charge in [-0.1, -0.05) is 60.7 Å². The van der Waals surface area contributed by atoms with Gasteiger partial charge in [0.2, 0.25) is 17.6 Å². The van der Waals surface area contributed by atoms with Gasteiger partial charge in [-0.15, -0.1) is 0 Å². The molecule has 8 heteroatoms. The summed E-state index contributed by atoms with van der Waals surface area (Å²) >= 11 is 0. The molecule has 1 aliphatic rings. The summed E-state index contributed by atoms with van der Waals surface area (Å²) in [5.41, 5.74) is 0.855. The maximum atomic E-state index is 13.4. The van der Waals surface area contributed by atoms with Crippen LogP contribution in [-0.2, 0) is 4.79 Å². The Morgan fingerprint density at radius 3 is 2.06 bits per heavy atom. The maximum absolute atomic E-state index is 13.4. The van der Waals surface area contributed by atoms with E-state index in [9.17, 15) is 19.5 Å². The molecule has 0 saturated carbocycles. The number of hydrogen-bond donors (Lipinski definition) is 2. The van der Waals surface area contributed by atoms with Crippen LogP contribution in [0.1, 0.15) is 54.3 Å². The summed E-state index contributed by atoms with van der Waals surface area (Å²) in [5.74, 6) is -1.94. The lowest BCUT2D eigenvalue weighted by Gasteiger charge is -2.42. The second-order valence-corrected chi connectivity index (χ2v) is 8.41. The quantitative estimate of drug-likeness (QED) is 0.627. The second-order valence-electron chi connectivity index (χ2n) is 8.41. The third kappa shape index (κ3) is 4.11. The van der Waals surface area contributed by atoms with Gasteiger partial charge in [-0.05, 0) is 25.0 Å². The molecule has 0 aliphatic carbocycles. The van der Waals surface area contributed by atoms with Crippen LogP contribution in [0, 0.1) is 0 Å². The van der Waals surface area contributed by atoms with E-state index in [0.29, 0.717) is 6.54 Å². The van der Waals surface area contributed by atoms with E-state index in [4.69, 9.17) is 0 Å². The first-order valence-electron chi connectivity index (χ1n) is 10.8. The van der Waals surface area contributed by atoms with Gasteiger partial charge in [0, 0.05) is 25.4 Å². The lowest BCUT2D eigenvalue weighted by atomic mass is 9.83. The second kappa shape index (κ2) is 8.90. The summed E-state index contributed by atoms with van der Waals surface area (Å²) in [6, 6.07) is 19.0. The number of rotatable bonds is 5. The molecule has 4 rings (SSSR count). The SMILES string of the molecule is CC(=O)Nc1nc(=O)c(O)c2n1[C@@H](C(c1ccccc1)c1ccccc1)CN(C(C)C)C2=O. The van der Waals surface area contributed by atoms with Crippen LogP contribution in [0.3, 0.4) is 0 Å². The average molecular weight is 447 g/mol. The van der Waals surface area contributed by atoms with Gasteiger partial charge in [-0.2, -0.15) is 4.98 Å². The minimum Gasteiger partial charge on any atom is -0.501 e. The van der Waals surface area contributed by atoms with Crippen molar-refractivity contribution in [3.63, 3.8) is 0 Å². The van der Waals surface area contributed by atoms with E-state index < -0.39 is 29.2 Å². The fraction of sp³-hybridized carbons (Fsp3) is 0.280. The van der Waals surface area contributed by atoms with Crippen LogP contribution in [0.25, 0.3) is 0 Å². The zero-order chi connectivity index (χ0) is 23.7. The van der Waals surface area contributed by atoms with Gasteiger partial charge in [0.15, 0.2) is 5.69 Å². The number of carbonyl (C=O) groups excluding carboxylic acids is 2. The van der Waals surface area contributed by atoms with Crippen molar-refractivity contribution in [3.8, 4) is 5.75 Å². The molecule has 0 saturated heterocycles. The van der Waals surface area contributed by atoms with Crippen LogP contribution in [0.4, 0.5) is 5.95 Å². The molecule has 0 unspecified atom stereocenters. The van der Waals surface area contributed by atoms with Gasteiger partial charge in [-0.3, -0.25) is 24.3 Å². The van der Waals surface area contributed by atoms with Crippen molar-refractivity contribution in [3.05, 3.63) is 87.8 Å². The van der Waals surface area contributed by atoms with Gasteiger partial charge in [-0.25, -0.2) is 0 Å². The molecule has 3 aromatic rings. The summed E-state index contributed by atoms with van der Waals surface area (Å²) in [4.78, 5) is 43.3. The van der Waals surface area contributed by atoms with E-state index >= 15 is 0 Å². The fourth-order valence-corrected chi connectivity index (χ4v) is 4.46. The highest BCUT2D eigenvalue weighted by Crippen LogP contribution is 2.41. The highest BCUT2D eigenvalue weighted by Gasteiger charge is 2.41. The molecule has 1 aromatic heterocycles. The number of hydrogen-bond acceptors (Lipinski definition) is 5. The van der Waals surface area contributed by atoms with Crippen molar-refractivity contribution < 1.29 is 14.7 Å². The average Bonchev–Trinajstić information content (AvgIpc) is 2.79. The van der Waals surface area contributed by atoms with Crippen molar-refractivity contribution in [2.75, 3.05) is 11.9 Å². The molecular weight excluding hydrogens is 420 g/mol. The molecule has 1 atom stereocenters. The Bertz CT molecular complexity index is 1200. The summed E-state index contributed by atoms with van der Waals surface area (Å²) in [6.45, 7) is 5.37. The molecule has 2 heterocycles. The van der Waals surface area contributed by atoms with Gasteiger partial charge in [0.05, 0.1) is 6.04 Å². The van der Waals surface area contributed by atoms with E-state index in [1.165, 1.54) is 11.5 Å². The van der Waals surface area contributed by atoms with Crippen molar-refractivity contribution in [1.82, 2.24) is 14.5 Å². The number of amides is 2. The third-order valence-corrected chi connectivity index (χ3v) is 5.90. The van der Waals surface area contributed by atoms with Crippen LogP contribution in [0.15, 0.2) is 65.5 Å². The first-order valence-corrected chi connectivity index (χ1v) is 10.8. The predicted molar refractivity (Wildman–Crippen MR) is 124 cm³/mol. The molecule has 2 aromatic carbocycles. The van der Waals surface area contributed by atoms with Crippen LogP contribution >= 0.6 is 0 Å². The molecule has 0 radical (unpaired) electrons. The molecular formula is C25H26N4O4. The van der Waals surface area contributed by atoms with Gasteiger partial charge in [0.1, 0.15) is 0 Å². The molecule has 0 fully saturated rings. The highest BCUT2D eigenvalue weighted by atomic mass is 16.3. The molecule has 2 N–H and O–H groups in total. The monoisotopic (exact) mass is 446 g/mol. The van der Waals surface area contributed by atoms with E-state index in [1.807, 2.05) is 74.5 Å². The first-order chi connectivity index (χ1) is 15.8. The van der Waals surface area contributed by atoms with E-state index in [0.717, 1.165) is 11.1 Å². The highest BCUT2D eigenvalue weighted by molar-refractivity contribution is 5.97. The Hall–Kier alpha value is -3.94. The normalized spacial score (nSPS) is 15.6. The number of aromatic nitrogens is 2. The minimum absolute atomic E-state index is 0.0566. The maximum Gasteiger partial charge on any atom is 0.317 e. The van der Waals surface area contributed by atoms with Crippen LogP contribution in [0.2, 0.25) is 0 Å². The van der Waals surface area contributed by atoms with Crippen LogP contribution in [0.5, 0.6) is 5.75 Å². The topological polar surface area (TPSA) is 105 Å². The van der Waals surface area contributed by atoms with Gasteiger partial charge in [0.25, 0.3) is 5.91 Å². The number of aromatic hydroxyl groups is 1. The Balaban J connectivity index is 2.04. The molecule has 0 bridgehead atoms. The molecule has 33 heavy (non-hydrogen) atoms. The van der Waals surface area contributed by atoms with E-state index in [-0.39, 0.29) is 23.6 Å². The van der Waals surface area contributed by atoms with Crippen molar-refractivity contribution in [2.24, 2.45) is 0 Å². The van der Waals surface area contributed by atoms with Crippen LogP contribution in [-0.4, -0.2) is 44.0 Å². The third-order valence-electron chi connectivity index (χ3n) is 5.90. The molecule has 170 valence electrons. The van der Waals surface area contributed by atoms with Gasteiger partial charge >= 0.3 is 5.56 Å². The number of anilines is 1. The Kier molecular flexibility index (Phi) is 6.00. The summed E-state index contributed by atoms with van der Waals surface area (Å²) in [5, 5.41) is 13.2. The zero-order valence-electron chi connectivity index (χ0n) is 18.7. The predicted octanol–water partition coefficient (Wildman–Crippen LogP) is 3.14. The zero-order valence-corrected chi connectivity index (χ0v) is 18.7. The fourth-order valence-electron chi connectivity index (χ4n) is 4.46. The molecule has 2 amide bonds. The van der Waals surface area contributed by atoms with E-state index in [1.54, 1.807) is 4.90 Å². The minimum atomic E-state index is -0.960. The number of benzene rings is 2. The smallest absolute Gasteiger partial charge is 0.317 e. The standard InChI is InChI=1S/C25H26N4O4/c1-15(2)28-14-19(20(17-10-6-4-7-11-17)18-12-8-5-9-13-18)29-21(24(28)33)22(31)23(32)27-25(29)26-16(3)30/h4-13,15,19-20,31H,14H2,1-3H3,(H,26,27,30,32)/t19-/m1/s1. The lowest BCUT2D eigenvalue weighted by molar-refractivity contribution is -0.114. The molecule has 1 aliphatic heterocycles. The molecule has 0 spiro atoms. The number of carbonyl (C=O) groups is 2. The largest absolute Gasteiger partial charge is 0.501 e. The summed E-state index contributed by atoms with van der Waals surface area (Å²) < 4.78 is 1.52. The van der Waals surface area contributed by atoms with Crippen LogP contribution < -0.4 is 10.9 Å². The summed E-state index contributed by atoms with van der Waals surface area (Å²) in [6.07, 6.45) is 0. The van der Waals surface area contributed by atoms with Crippen molar-refractivity contribution in [2.45, 2.75) is 38.8 Å². The Morgan fingerprint density at radius 2 is 1.58 bits per heavy atom. The number of fused-ring (bicyclic) bond motifs is 1. The Labute approximate surface area is 191 Å². The lowest BCUT2D eigenvalue weighted by Crippen LogP contribution is -2.50. The summed E-state index contributed by atoms with van der Waals surface area (Å²) in [7, 11) is 0. The number of nitrogens with zero attached hydrogens (tertiary/aromatic N) is 3. The number of nitrogens with one attached hydrogen (secondary N) is 1. The van der Waals surface area contributed by atoms with Crippen molar-refractivity contribution >= 4 is 17.8 Å². The molecule has 8 nitrogen and oxygen atoms in total.